The summed E-state index contributed by atoms with van der Waals surface area (Å²) < 4.78 is 5.34. The van der Waals surface area contributed by atoms with Crippen LogP contribution in [0.2, 0.25) is 0 Å². The standard InChI is InChI=1S/C17H28N2O/c1-5-15-12-19(16(6-2)10-18-15)11-14-7-8-17(20-4)13(3)9-14/h7-9,15-16,18H,5-6,10-12H2,1-4H3. The van der Waals surface area contributed by atoms with Crippen LogP contribution in [0.15, 0.2) is 18.2 Å². The summed E-state index contributed by atoms with van der Waals surface area (Å²) in [6.07, 6.45) is 2.41. The fourth-order valence-electron chi connectivity index (χ4n) is 3.07. The van der Waals surface area contributed by atoms with Crippen molar-refractivity contribution in [1.29, 1.82) is 0 Å². The number of aryl methyl sites for hydroxylation is 1. The van der Waals surface area contributed by atoms with Crippen LogP contribution in [0.5, 0.6) is 5.75 Å². The Hall–Kier alpha value is -1.06. The highest BCUT2D eigenvalue weighted by molar-refractivity contribution is 5.36. The van der Waals surface area contributed by atoms with Gasteiger partial charge >= 0.3 is 0 Å². The number of ether oxygens (including phenoxy) is 1. The van der Waals surface area contributed by atoms with Crippen molar-refractivity contribution in [1.82, 2.24) is 10.2 Å². The average Bonchev–Trinajstić information content (AvgIpc) is 2.47. The zero-order valence-electron chi connectivity index (χ0n) is 13.3. The van der Waals surface area contributed by atoms with Crippen molar-refractivity contribution in [2.75, 3.05) is 20.2 Å². The molecule has 2 atom stereocenters. The minimum absolute atomic E-state index is 0.636. The largest absolute Gasteiger partial charge is 0.496 e. The van der Waals surface area contributed by atoms with E-state index in [0.29, 0.717) is 12.1 Å². The highest BCUT2D eigenvalue weighted by Gasteiger charge is 2.25. The molecule has 2 unspecified atom stereocenters. The second kappa shape index (κ2) is 7.09. The Morgan fingerprint density at radius 1 is 1.30 bits per heavy atom. The molecule has 1 aromatic carbocycles. The van der Waals surface area contributed by atoms with Crippen LogP contribution in [0.4, 0.5) is 0 Å². The summed E-state index contributed by atoms with van der Waals surface area (Å²) in [6.45, 7) is 9.97. The summed E-state index contributed by atoms with van der Waals surface area (Å²) in [5, 5.41) is 3.65. The molecule has 3 nitrogen and oxygen atoms in total. The van der Waals surface area contributed by atoms with Gasteiger partial charge in [-0.3, -0.25) is 4.90 Å². The van der Waals surface area contributed by atoms with Crippen molar-refractivity contribution in [3.8, 4) is 5.75 Å². The maximum absolute atomic E-state index is 5.34. The van der Waals surface area contributed by atoms with Gasteiger partial charge in [0.2, 0.25) is 0 Å². The molecule has 1 N–H and O–H groups in total. The van der Waals surface area contributed by atoms with Gasteiger partial charge in [-0.15, -0.1) is 0 Å². The van der Waals surface area contributed by atoms with Gasteiger partial charge in [-0.25, -0.2) is 0 Å². The van der Waals surface area contributed by atoms with E-state index in [1.165, 1.54) is 24.0 Å². The third-order valence-electron chi connectivity index (χ3n) is 4.42. The number of methoxy groups -OCH3 is 1. The first kappa shape index (κ1) is 15.3. The van der Waals surface area contributed by atoms with Gasteiger partial charge in [0.05, 0.1) is 7.11 Å². The van der Waals surface area contributed by atoms with E-state index in [1.54, 1.807) is 7.11 Å². The summed E-state index contributed by atoms with van der Waals surface area (Å²) in [6, 6.07) is 7.83. The minimum atomic E-state index is 0.636. The molecule has 0 aromatic heterocycles. The van der Waals surface area contributed by atoms with Crippen molar-refractivity contribution < 1.29 is 4.74 Å². The molecule has 0 spiro atoms. The molecule has 1 fully saturated rings. The van der Waals surface area contributed by atoms with Gasteiger partial charge in [-0.1, -0.05) is 26.0 Å². The molecule has 3 heteroatoms. The quantitative estimate of drug-likeness (QED) is 0.895. The molecule has 0 aliphatic carbocycles. The number of nitrogens with zero attached hydrogens (tertiary/aromatic N) is 1. The van der Waals surface area contributed by atoms with Crippen LogP contribution < -0.4 is 10.1 Å². The Morgan fingerprint density at radius 3 is 2.70 bits per heavy atom. The predicted molar refractivity (Wildman–Crippen MR) is 84.3 cm³/mol. The molecular formula is C17H28N2O. The minimum Gasteiger partial charge on any atom is -0.496 e. The fraction of sp³-hybridized carbons (Fsp3) is 0.647. The van der Waals surface area contributed by atoms with E-state index < -0.39 is 0 Å². The maximum atomic E-state index is 5.34. The van der Waals surface area contributed by atoms with Gasteiger partial charge in [-0.05, 0) is 37.0 Å². The molecule has 1 saturated heterocycles. The van der Waals surface area contributed by atoms with E-state index in [9.17, 15) is 0 Å². The van der Waals surface area contributed by atoms with E-state index in [-0.39, 0.29) is 0 Å². The number of nitrogens with one attached hydrogen (secondary N) is 1. The first-order valence-electron chi connectivity index (χ1n) is 7.78. The lowest BCUT2D eigenvalue weighted by Crippen LogP contribution is -2.55. The lowest BCUT2D eigenvalue weighted by molar-refractivity contribution is 0.117. The molecule has 1 aliphatic heterocycles. The zero-order valence-corrected chi connectivity index (χ0v) is 13.3. The topological polar surface area (TPSA) is 24.5 Å². The first-order valence-corrected chi connectivity index (χ1v) is 7.78. The highest BCUT2D eigenvalue weighted by atomic mass is 16.5. The fourth-order valence-corrected chi connectivity index (χ4v) is 3.07. The molecule has 0 bridgehead atoms. The van der Waals surface area contributed by atoms with Gasteiger partial charge < -0.3 is 10.1 Å². The summed E-state index contributed by atoms with van der Waals surface area (Å²) in [5.41, 5.74) is 2.61. The van der Waals surface area contributed by atoms with E-state index in [1.807, 2.05) is 0 Å². The molecule has 1 heterocycles. The van der Waals surface area contributed by atoms with Crippen molar-refractivity contribution in [2.45, 2.75) is 52.2 Å². The molecule has 112 valence electrons. The first-order chi connectivity index (χ1) is 9.67. The Kier molecular flexibility index (Phi) is 5.44. The van der Waals surface area contributed by atoms with E-state index in [0.717, 1.165) is 25.4 Å². The zero-order chi connectivity index (χ0) is 14.5. The summed E-state index contributed by atoms with van der Waals surface area (Å²) in [4.78, 5) is 2.63. The number of rotatable bonds is 5. The van der Waals surface area contributed by atoms with Crippen molar-refractivity contribution in [3.05, 3.63) is 29.3 Å². The predicted octanol–water partition coefficient (Wildman–Crippen LogP) is 2.97. The highest BCUT2D eigenvalue weighted by Crippen LogP contribution is 2.21. The number of hydrogen-bond acceptors (Lipinski definition) is 3. The van der Waals surface area contributed by atoms with Gasteiger partial charge in [-0.2, -0.15) is 0 Å². The Balaban J connectivity index is 2.07. The number of benzene rings is 1. The Labute approximate surface area is 123 Å². The van der Waals surface area contributed by atoms with Crippen LogP contribution >= 0.6 is 0 Å². The van der Waals surface area contributed by atoms with Crippen LogP contribution in [0, 0.1) is 6.92 Å². The molecule has 20 heavy (non-hydrogen) atoms. The SMILES string of the molecule is CCC1CN(Cc2ccc(OC)c(C)c2)C(CC)CN1. The third kappa shape index (κ3) is 3.53. The molecule has 0 saturated carbocycles. The summed E-state index contributed by atoms with van der Waals surface area (Å²) in [5.74, 6) is 0.979. The molecule has 0 radical (unpaired) electrons. The van der Waals surface area contributed by atoms with Gasteiger partial charge in [0.15, 0.2) is 0 Å². The lowest BCUT2D eigenvalue weighted by Gasteiger charge is -2.40. The second-order valence-electron chi connectivity index (χ2n) is 5.81. The molecule has 1 aromatic rings. The lowest BCUT2D eigenvalue weighted by atomic mass is 10.0. The summed E-state index contributed by atoms with van der Waals surface area (Å²) >= 11 is 0. The van der Waals surface area contributed by atoms with E-state index in [2.05, 4.69) is 49.2 Å². The normalized spacial score (nSPS) is 23.8. The van der Waals surface area contributed by atoms with E-state index in [4.69, 9.17) is 4.74 Å². The Morgan fingerprint density at radius 2 is 2.10 bits per heavy atom. The summed E-state index contributed by atoms with van der Waals surface area (Å²) in [7, 11) is 1.73. The van der Waals surface area contributed by atoms with Crippen LogP contribution in [-0.4, -0.2) is 37.2 Å². The number of hydrogen-bond donors (Lipinski definition) is 1. The van der Waals surface area contributed by atoms with Crippen molar-refractivity contribution >= 4 is 0 Å². The monoisotopic (exact) mass is 276 g/mol. The van der Waals surface area contributed by atoms with Crippen LogP contribution in [0.3, 0.4) is 0 Å². The smallest absolute Gasteiger partial charge is 0.121 e. The van der Waals surface area contributed by atoms with Crippen LogP contribution in [0.1, 0.15) is 37.8 Å². The average molecular weight is 276 g/mol. The van der Waals surface area contributed by atoms with Gasteiger partial charge in [0, 0.05) is 31.7 Å². The van der Waals surface area contributed by atoms with Gasteiger partial charge in [0.1, 0.15) is 5.75 Å². The molecule has 2 rings (SSSR count). The molecule has 0 amide bonds. The van der Waals surface area contributed by atoms with Crippen molar-refractivity contribution in [2.24, 2.45) is 0 Å². The van der Waals surface area contributed by atoms with E-state index >= 15 is 0 Å². The van der Waals surface area contributed by atoms with Crippen molar-refractivity contribution in [3.63, 3.8) is 0 Å². The third-order valence-corrected chi connectivity index (χ3v) is 4.42. The Bertz CT molecular complexity index is 433. The van der Waals surface area contributed by atoms with Gasteiger partial charge in [0.25, 0.3) is 0 Å². The maximum Gasteiger partial charge on any atom is 0.121 e. The molecule has 1 aliphatic rings. The molecular weight excluding hydrogens is 248 g/mol. The number of piperazine rings is 1. The van der Waals surface area contributed by atoms with Crippen LogP contribution in [-0.2, 0) is 6.54 Å². The second-order valence-corrected chi connectivity index (χ2v) is 5.81. The van der Waals surface area contributed by atoms with Crippen LogP contribution in [0.25, 0.3) is 0 Å².